The Morgan fingerprint density at radius 2 is 2.10 bits per heavy atom. The predicted molar refractivity (Wildman–Crippen MR) is 78.0 cm³/mol. The van der Waals surface area contributed by atoms with Gasteiger partial charge in [0, 0.05) is 11.9 Å². The van der Waals surface area contributed by atoms with Crippen molar-refractivity contribution in [2.75, 3.05) is 0 Å². The molecule has 3 heterocycles. The van der Waals surface area contributed by atoms with E-state index in [4.69, 9.17) is 0 Å². The lowest BCUT2D eigenvalue weighted by Crippen LogP contribution is -2.10. The highest BCUT2D eigenvalue weighted by molar-refractivity contribution is 5.90. The molecule has 0 aliphatic carbocycles. The van der Waals surface area contributed by atoms with Crippen LogP contribution in [0.25, 0.3) is 11.5 Å². The van der Waals surface area contributed by atoms with Crippen molar-refractivity contribution in [3.63, 3.8) is 0 Å². The van der Waals surface area contributed by atoms with E-state index in [1.54, 1.807) is 27.4 Å². The average molecular weight is 284 g/mol. The van der Waals surface area contributed by atoms with Crippen molar-refractivity contribution in [1.82, 2.24) is 19.2 Å². The zero-order chi connectivity index (χ0) is 15.0. The summed E-state index contributed by atoms with van der Waals surface area (Å²) in [6.07, 6.45) is 3.26. The summed E-state index contributed by atoms with van der Waals surface area (Å²) in [6.45, 7) is 4.04. The minimum Gasteiger partial charge on any atom is -0.476 e. The molecule has 0 aliphatic rings. The number of aromatic carboxylic acids is 1. The summed E-state index contributed by atoms with van der Waals surface area (Å²) >= 11 is 0. The van der Waals surface area contributed by atoms with E-state index in [0.717, 1.165) is 24.2 Å². The molecule has 6 heteroatoms. The quantitative estimate of drug-likeness (QED) is 0.798. The smallest absolute Gasteiger partial charge is 0.356 e. The number of nitrogens with zero attached hydrogens (tertiary/aromatic N) is 4. The van der Waals surface area contributed by atoms with E-state index < -0.39 is 5.97 Å². The molecular formula is C15H16N4O2. The topological polar surface area (TPSA) is 72.4 Å². The standard InChI is InChI=1S/C15H16N4O2/c1-3-10-9-11(4-2)19(17-10)14-13(15(20)21)18-8-6-5-7-12(18)16-14/h5-9H,3-4H2,1-2H3,(H,20,21). The van der Waals surface area contributed by atoms with E-state index in [2.05, 4.69) is 10.1 Å². The highest BCUT2D eigenvalue weighted by atomic mass is 16.4. The van der Waals surface area contributed by atoms with Crippen LogP contribution in [0.4, 0.5) is 0 Å². The molecule has 0 unspecified atom stereocenters. The zero-order valence-corrected chi connectivity index (χ0v) is 11.9. The Morgan fingerprint density at radius 1 is 1.29 bits per heavy atom. The second-order valence-electron chi connectivity index (χ2n) is 4.76. The second kappa shape index (κ2) is 5.05. The zero-order valence-electron chi connectivity index (χ0n) is 11.9. The molecule has 0 bridgehead atoms. The van der Waals surface area contributed by atoms with Gasteiger partial charge < -0.3 is 5.11 Å². The van der Waals surface area contributed by atoms with Gasteiger partial charge in [-0.2, -0.15) is 5.10 Å². The molecule has 0 saturated heterocycles. The highest BCUT2D eigenvalue weighted by Gasteiger charge is 2.22. The fourth-order valence-electron chi connectivity index (χ4n) is 2.41. The fraction of sp³-hybridized carbons (Fsp3) is 0.267. The Kier molecular flexibility index (Phi) is 3.21. The van der Waals surface area contributed by atoms with Crippen LogP contribution in [0.2, 0.25) is 0 Å². The normalized spacial score (nSPS) is 11.1. The molecule has 3 aromatic rings. The minimum atomic E-state index is -1.01. The highest BCUT2D eigenvalue weighted by Crippen LogP contribution is 2.19. The Hall–Kier alpha value is -2.63. The van der Waals surface area contributed by atoms with Crippen LogP contribution in [0.5, 0.6) is 0 Å². The number of carbonyl (C=O) groups is 1. The van der Waals surface area contributed by atoms with E-state index in [1.807, 2.05) is 26.0 Å². The van der Waals surface area contributed by atoms with Crippen LogP contribution < -0.4 is 0 Å². The average Bonchev–Trinajstić information content (AvgIpc) is 3.07. The summed E-state index contributed by atoms with van der Waals surface area (Å²) in [5.74, 6) is -0.649. The summed E-state index contributed by atoms with van der Waals surface area (Å²) < 4.78 is 3.22. The first-order chi connectivity index (χ1) is 10.2. The van der Waals surface area contributed by atoms with Gasteiger partial charge in [-0.15, -0.1) is 0 Å². The summed E-state index contributed by atoms with van der Waals surface area (Å²) in [5.41, 5.74) is 2.62. The first-order valence-corrected chi connectivity index (χ1v) is 6.94. The fourth-order valence-corrected chi connectivity index (χ4v) is 2.41. The molecule has 21 heavy (non-hydrogen) atoms. The van der Waals surface area contributed by atoms with Crippen LogP contribution in [0, 0.1) is 0 Å². The molecule has 6 nitrogen and oxygen atoms in total. The first kappa shape index (κ1) is 13.4. The Balaban J connectivity index is 2.31. The van der Waals surface area contributed by atoms with Crippen molar-refractivity contribution in [3.05, 3.63) is 47.5 Å². The summed E-state index contributed by atoms with van der Waals surface area (Å²) in [4.78, 5) is 16.1. The van der Waals surface area contributed by atoms with Gasteiger partial charge in [0.25, 0.3) is 0 Å². The van der Waals surface area contributed by atoms with E-state index in [-0.39, 0.29) is 5.69 Å². The van der Waals surface area contributed by atoms with Gasteiger partial charge in [-0.1, -0.05) is 19.9 Å². The molecule has 0 spiro atoms. The van der Waals surface area contributed by atoms with Gasteiger partial charge in [0.1, 0.15) is 5.65 Å². The molecule has 0 fully saturated rings. The molecule has 0 atom stereocenters. The number of aryl methyl sites for hydroxylation is 2. The maximum atomic E-state index is 11.6. The number of imidazole rings is 1. The van der Waals surface area contributed by atoms with Crippen molar-refractivity contribution in [3.8, 4) is 5.82 Å². The van der Waals surface area contributed by atoms with Crippen molar-refractivity contribution in [2.24, 2.45) is 0 Å². The molecule has 3 rings (SSSR count). The van der Waals surface area contributed by atoms with Gasteiger partial charge in [0.15, 0.2) is 11.5 Å². The lowest BCUT2D eigenvalue weighted by molar-refractivity contribution is 0.0689. The number of rotatable bonds is 4. The van der Waals surface area contributed by atoms with Crippen LogP contribution in [0.15, 0.2) is 30.5 Å². The van der Waals surface area contributed by atoms with Gasteiger partial charge in [0.2, 0.25) is 0 Å². The predicted octanol–water partition coefficient (Wildman–Crippen LogP) is 2.34. The van der Waals surface area contributed by atoms with Crippen LogP contribution in [0.3, 0.4) is 0 Å². The largest absolute Gasteiger partial charge is 0.476 e. The summed E-state index contributed by atoms with van der Waals surface area (Å²) in [5, 5.41) is 14.0. The van der Waals surface area contributed by atoms with E-state index in [9.17, 15) is 9.90 Å². The number of pyridine rings is 1. The monoisotopic (exact) mass is 284 g/mol. The Morgan fingerprint density at radius 3 is 2.76 bits per heavy atom. The third-order valence-electron chi connectivity index (χ3n) is 3.47. The number of hydrogen-bond acceptors (Lipinski definition) is 3. The lowest BCUT2D eigenvalue weighted by atomic mass is 10.2. The molecule has 0 saturated carbocycles. The molecule has 0 aliphatic heterocycles. The lowest BCUT2D eigenvalue weighted by Gasteiger charge is -2.03. The number of hydrogen-bond donors (Lipinski definition) is 1. The Labute approximate surface area is 121 Å². The van der Waals surface area contributed by atoms with Crippen molar-refractivity contribution >= 4 is 11.6 Å². The van der Waals surface area contributed by atoms with Crippen molar-refractivity contribution in [2.45, 2.75) is 26.7 Å². The third-order valence-corrected chi connectivity index (χ3v) is 3.47. The molecule has 0 radical (unpaired) electrons. The molecule has 108 valence electrons. The summed E-state index contributed by atoms with van der Waals surface area (Å²) in [6, 6.07) is 7.40. The van der Waals surface area contributed by atoms with Gasteiger partial charge in [-0.3, -0.25) is 4.40 Å². The van der Waals surface area contributed by atoms with Gasteiger partial charge in [0.05, 0.1) is 5.69 Å². The van der Waals surface area contributed by atoms with Gasteiger partial charge in [-0.25, -0.2) is 14.5 Å². The van der Waals surface area contributed by atoms with E-state index in [1.165, 1.54) is 0 Å². The van der Waals surface area contributed by atoms with E-state index in [0.29, 0.717) is 11.5 Å². The minimum absolute atomic E-state index is 0.131. The number of carboxylic acids is 1. The molecule has 0 aromatic carbocycles. The van der Waals surface area contributed by atoms with Crippen molar-refractivity contribution < 1.29 is 9.90 Å². The Bertz CT molecular complexity index is 816. The number of aromatic nitrogens is 4. The maximum Gasteiger partial charge on any atom is 0.356 e. The van der Waals surface area contributed by atoms with Gasteiger partial charge in [-0.05, 0) is 31.0 Å². The van der Waals surface area contributed by atoms with Crippen LogP contribution in [-0.2, 0) is 12.8 Å². The molecule has 1 N–H and O–H groups in total. The number of fused-ring (bicyclic) bond motifs is 1. The first-order valence-electron chi connectivity index (χ1n) is 6.94. The third kappa shape index (κ3) is 2.08. The maximum absolute atomic E-state index is 11.6. The second-order valence-corrected chi connectivity index (χ2v) is 4.76. The van der Waals surface area contributed by atoms with E-state index >= 15 is 0 Å². The molecular weight excluding hydrogens is 268 g/mol. The van der Waals surface area contributed by atoms with Crippen LogP contribution in [-0.4, -0.2) is 30.2 Å². The van der Waals surface area contributed by atoms with Crippen molar-refractivity contribution in [1.29, 1.82) is 0 Å². The van der Waals surface area contributed by atoms with Crippen LogP contribution >= 0.6 is 0 Å². The summed E-state index contributed by atoms with van der Waals surface area (Å²) in [7, 11) is 0. The number of carboxylic acid groups (broad SMARTS) is 1. The van der Waals surface area contributed by atoms with Gasteiger partial charge >= 0.3 is 5.97 Å². The molecule has 3 aromatic heterocycles. The SMILES string of the molecule is CCc1cc(CC)n(-c2nc3ccccn3c2C(=O)O)n1. The van der Waals surface area contributed by atoms with Crippen LogP contribution in [0.1, 0.15) is 35.7 Å². The molecule has 0 amide bonds.